The van der Waals surface area contributed by atoms with Gasteiger partial charge in [-0.2, -0.15) is 4.68 Å². The summed E-state index contributed by atoms with van der Waals surface area (Å²) in [5.74, 6) is -2.11. The van der Waals surface area contributed by atoms with E-state index in [1.807, 2.05) is 0 Å². The highest BCUT2D eigenvalue weighted by molar-refractivity contribution is 5.63. The van der Waals surface area contributed by atoms with Crippen molar-refractivity contribution in [2.24, 2.45) is 0 Å². The van der Waals surface area contributed by atoms with Crippen LogP contribution in [0.5, 0.6) is 0 Å². The highest BCUT2D eigenvalue weighted by Gasteiger charge is 2.18. The van der Waals surface area contributed by atoms with E-state index in [1.54, 1.807) is 0 Å². The fraction of sp³-hybridized carbons (Fsp3) is 0. The smallest absolute Gasteiger partial charge is 0.190 e. The van der Waals surface area contributed by atoms with Crippen LogP contribution in [0.3, 0.4) is 0 Å². The van der Waals surface area contributed by atoms with Crippen LogP contribution in [0.15, 0.2) is 36.4 Å². The van der Waals surface area contributed by atoms with Crippen LogP contribution in [-0.4, -0.2) is 20.2 Å². The van der Waals surface area contributed by atoms with Crippen LogP contribution < -0.4 is 5.73 Å². The summed E-state index contributed by atoms with van der Waals surface area (Å²) in [6.45, 7) is 0. The summed E-state index contributed by atoms with van der Waals surface area (Å²) in [5.41, 5.74) is 5.65. The standard InChI is InChI=1S/C13H8F3N5/c14-7-1-3-11(16)12(5-7)21-13(18-19-20-21)9-6-8(17)2-4-10(9)15/h1-6H,17H2. The van der Waals surface area contributed by atoms with E-state index in [-0.39, 0.29) is 17.1 Å². The summed E-state index contributed by atoms with van der Waals surface area (Å²) in [6, 6.07) is 6.64. The molecule has 1 heterocycles. The molecule has 0 spiro atoms. The maximum Gasteiger partial charge on any atom is 0.190 e. The lowest BCUT2D eigenvalue weighted by atomic mass is 10.1. The molecule has 106 valence electrons. The Morgan fingerprint density at radius 1 is 0.952 bits per heavy atom. The minimum Gasteiger partial charge on any atom is -0.399 e. The van der Waals surface area contributed by atoms with Gasteiger partial charge in [-0.1, -0.05) is 0 Å². The van der Waals surface area contributed by atoms with Crippen LogP contribution in [0, 0.1) is 17.5 Å². The zero-order valence-electron chi connectivity index (χ0n) is 10.5. The number of benzene rings is 2. The van der Waals surface area contributed by atoms with Crippen molar-refractivity contribution >= 4 is 5.69 Å². The minimum atomic E-state index is -0.741. The zero-order valence-corrected chi connectivity index (χ0v) is 10.5. The number of hydrogen-bond acceptors (Lipinski definition) is 4. The fourth-order valence-electron chi connectivity index (χ4n) is 1.88. The molecule has 0 saturated heterocycles. The Morgan fingerprint density at radius 2 is 1.71 bits per heavy atom. The Kier molecular flexibility index (Phi) is 3.05. The first-order valence-corrected chi connectivity index (χ1v) is 5.85. The van der Waals surface area contributed by atoms with Crippen LogP contribution in [0.1, 0.15) is 0 Å². The Labute approximate surface area is 116 Å². The molecule has 0 radical (unpaired) electrons. The molecule has 21 heavy (non-hydrogen) atoms. The summed E-state index contributed by atoms with van der Waals surface area (Å²) in [7, 11) is 0. The number of tetrazole rings is 1. The number of nitrogens with two attached hydrogens (primary N) is 1. The minimum absolute atomic E-state index is 0.0105. The second-order valence-corrected chi connectivity index (χ2v) is 4.25. The van der Waals surface area contributed by atoms with Gasteiger partial charge in [0, 0.05) is 11.8 Å². The molecule has 3 rings (SSSR count). The van der Waals surface area contributed by atoms with Gasteiger partial charge in [-0.05, 0) is 40.8 Å². The van der Waals surface area contributed by atoms with Crippen molar-refractivity contribution in [3.8, 4) is 17.1 Å². The first-order valence-electron chi connectivity index (χ1n) is 5.85. The van der Waals surface area contributed by atoms with Crippen molar-refractivity contribution in [3.05, 3.63) is 53.8 Å². The fourth-order valence-corrected chi connectivity index (χ4v) is 1.88. The van der Waals surface area contributed by atoms with Crippen LogP contribution in [0.25, 0.3) is 17.1 Å². The second kappa shape index (κ2) is 4.89. The average Bonchev–Trinajstić information content (AvgIpc) is 2.93. The molecule has 0 saturated carbocycles. The third-order valence-electron chi connectivity index (χ3n) is 2.84. The van der Waals surface area contributed by atoms with Gasteiger partial charge in [0.2, 0.25) is 0 Å². The van der Waals surface area contributed by atoms with E-state index in [0.717, 1.165) is 28.9 Å². The molecular weight excluding hydrogens is 283 g/mol. The van der Waals surface area contributed by atoms with E-state index in [0.29, 0.717) is 5.69 Å². The van der Waals surface area contributed by atoms with Gasteiger partial charge in [0.1, 0.15) is 23.1 Å². The van der Waals surface area contributed by atoms with E-state index in [4.69, 9.17) is 5.73 Å². The Bertz CT molecular complexity index is 749. The third kappa shape index (κ3) is 2.31. The molecule has 2 aromatic carbocycles. The molecule has 0 unspecified atom stereocenters. The van der Waals surface area contributed by atoms with E-state index >= 15 is 0 Å². The second-order valence-electron chi connectivity index (χ2n) is 4.25. The molecule has 0 bridgehead atoms. The Hall–Kier alpha value is -2.90. The summed E-state index contributed by atoms with van der Waals surface area (Å²) < 4.78 is 41.9. The van der Waals surface area contributed by atoms with Gasteiger partial charge < -0.3 is 5.73 Å². The summed E-state index contributed by atoms with van der Waals surface area (Å²) in [5, 5.41) is 10.6. The number of anilines is 1. The quantitative estimate of drug-likeness (QED) is 0.736. The predicted molar refractivity (Wildman–Crippen MR) is 68.9 cm³/mol. The van der Waals surface area contributed by atoms with Crippen molar-refractivity contribution < 1.29 is 13.2 Å². The van der Waals surface area contributed by atoms with Gasteiger partial charge in [-0.3, -0.25) is 0 Å². The van der Waals surface area contributed by atoms with Gasteiger partial charge in [0.15, 0.2) is 5.82 Å². The van der Waals surface area contributed by atoms with Crippen molar-refractivity contribution in [1.82, 2.24) is 20.2 Å². The zero-order chi connectivity index (χ0) is 15.0. The number of rotatable bonds is 2. The average molecular weight is 291 g/mol. The number of nitrogens with zero attached hydrogens (tertiary/aromatic N) is 4. The number of hydrogen-bond donors (Lipinski definition) is 1. The molecule has 2 N–H and O–H groups in total. The van der Waals surface area contributed by atoms with Crippen molar-refractivity contribution in [2.75, 3.05) is 5.73 Å². The molecule has 0 aliphatic heterocycles. The van der Waals surface area contributed by atoms with Crippen LogP contribution in [-0.2, 0) is 0 Å². The SMILES string of the molecule is Nc1ccc(F)c(-c2nnnn2-c2cc(F)ccc2F)c1. The first-order chi connectivity index (χ1) is 10.1. The van der Waals surface area contributed by atoms with Gasteiger partial charge in [-0.25, -0.2) is 13.2 Å². The number of nitrogen functional groups attached to an aromatic ring is 1. The molecule has 0 amide bonds. The van der Waals surface area contributed by atoms with E-state index in [2.05, 4.69) is 15.5 Å². The van der Waals surface area contributed by atoms with Crippen molar-refractivity contribution in [2.45, 2.75) is 0 Å². The molecule has 0 atom stereocenters. The topological polar surface area (TPSA) is 69.6 Å². The highest BCUT2D eigenvalue weighted by Crippen LogP contribution is 2.25. The molecule has 0 aliphatic carbocycles. The van der Waals surface area contributed by atoms with Crippen molar-refractivity contribution in [1.29, 1.82) is 0 Å². The van der Waals surface area contributed by atoms with E-state index < -0.39 is 17.5 Å². The summed E-state index contributed by atoms with van der Waals surface area (Å²) >= 11 is 0. The lowest BCUT2D eigenvalue weighted by Crippen LogP contribution is -2.04. The van der Waals surface area contributed by atoms with E-state index in [9.17, 15) is 13.2 Å². The molecule has 8 heteroatoms. The number of aromatic nitrogens is 4. The molecule has 0 fully saturated rings. The summed E-state index contributed by atoms with van der Waals surface area (Å²) in [4.78, 5) is 0. The van der Waals surface area contributed by atoms with Gasteiger partial charge in [-0.15, -0.1) is 5.10 Å². The Morgan fingerprint density at radius 3 is 2.52 bits per heavy atom. The van der Waals surface area contributed by atoms with Crippen molar-refractivity contribution in [3.63, 3.8) is 0 Å². The van der Waals surface area contributed by atoms with Gasteiger partial charge in [0.05, 0.1) is 5.56 Å². The van der Waals surface area contributed by atoms with Gasteiger partial charge >= 0.3 is 0 Å². The third-order valence-corrected chi connectivity index (χ3v) is 2.84. The molecule has 3 aromatic rings. The lowest BCUT2D eigenvalue weighted by Gasteiger charge is -2.07. The number of halogens is 3. The first kappa shape index (κ1) is 13.1. The molecular formula is C13H8F3N5. The monoisotopic (exact) mass is 291 g/mol. The summed E-state index contributed by atoms with van der Waals surface area (Å²) in [6.07, 6.45) is 0. The lowest BCUT2D eigenvalue weighted by molar-refractivity contribution is 0.584. The normalized spacial score (nSPS) is 10.8. The maximum absolute atomic E-state index is 13.9. The predicted octanol–water partition coefficient (Wildman–Crippen LogP) is 2.33. The highest BCUT2D eigenvalue weighted by atomic mass is 19.1. The molecule has 5 nitrogen and oxygen atoms in total. The van der Waals surface area contributed by atoms with Crippen LogP contribution >= 0.6 is 0 Å². The largest absolute Gasteiger partial charge is 0.399 e. The molecule has 1 aromatic heterocycles. The maximum atomic E-state index is 13.9. The Balaban J connectivity index is 2.22. The van der Waals surface area contributed by atoms with E-state index in [1.165, 1.54) is 12.1 Å². The molecule has 0 aliphatic rings. The van der Waals surface area contributed by atoms with Crippen LogP contribution in [0.2, 0.25) is 0 Å². The van der Waals surface area contributed by atoms with Crippen LogP contribution in [0.4, 0.5) is 18.9 Å². The van der Waals surface area contributed by atoms with Gasteiger partial charge in [0.25, 0.3) is 0 Å².